The fourth-order valence-corrected chi connectivity index (χ4v) is 4.25. The highest BCUT2D eigenvalue weighted by Gasteiger charge is 2.22. The minimum atomic E-state index is -0.281. The van der Waals surface area contributed by atoms with Gasteiger partial charge in [0.1, 0.15) is 29.0 Å². The maximum absolute atomic E-state index is 14.7. The number of hydrogen-bond acceptors (Lipinski definition) is 8. The molecule has 1 N–H and O–H groups in total. The molecule has 0 atom stereocenters. The predicted octanol–water partition coefficient (Wildman–Crippen LogP) is 5.15. The van der Waals surface area contributed by atoms with Crippen molar-refractivity contribution in [3.05, 3.63) is 52.5 Å². The van der Waals surface area contributed by atoms with Crippen LogP contribution < -0.4 is 15.0 Å². The Labute approximate surface area is 204 Å². The van der Waals surface area contributed by atoms with Gasteiger partial charge in [0.05, 0.1) is 0 Å². The summed E-state index contributed by atoms with van der Waals surface area (Å²) in [5.74, 6) is 2.66. The summed E-state index contributed by atoms with van der Waals surface area (Å²) in [5, 5.41) is 7.35. The number of hydrogen-bond donors (Lipinski definition) is 1. The van der Waals surface area contributed by atoms with E-state index in [0.717, 1.165) is 48.9 Å². The summed E-state index contributed by atoms with van der Waals surface area (Å²) < 4.78 is 26.2. The molecule has 1 aromatic carbocycles. The molecular weight excluding hydrogens is 447 g/mol. The maximum Gasteiger partial charge on any atom is 0.325 e. The molecule has 35 heavy (non-hydrogen) atoms. The van der Waals surface area contributed by atoms with E-state index in [1.165, 1.54) is 6.07 Å². The maximum atomic E-state index is 14.7. The van der Waals surface area contributed by atoms with Crippen molar-refractivity contribution in [2.75, 3.05) is 43.4 Å². The first-order valence-electron chi connectivity index (χ1n) is 11.9. The van der Waals surface area contributed by atoms with Crippen molar-refractivity contribution in [3.63, 3.8) is 0 Å². The van der Waals surface area contributed by atoms with Crippen LogP contribution in [0.3, 0.4) is 0 Å². The number of nitrogens with one attached hydrogen (secondary N) is 1. The Kier molecular flexibility index (Phi) is 5.96. The molecule has 3 aromatic rings. The first-order chi connectivity index (χ1) is 16.6. The lowest BCUT2D eigenvalue weighted by molar-refractivity contribution is 0.311. The van der Waals surface area contributed by atoms with Crippen molar-refractivity contribution in [2.45, 2.75) is 39.5 Å². The Morgan fingerprint density at radius 2 is 1.80 bits per heavy atom. The van der Waals surface area contributed by atoms with E-state index in [4.69, 9.17) is 9.26 Å². The fraction of sp³-hybridized carbons (Fsp3) is 0.423. The molecule has 5 rings (SSSR count). The van der Waals surface area contributed by atoms with Crippen LogP contribution in [-0.2, 0) is 11.8 Å². The van der Waals surface area contributed by atoms with Crippen LogP contribution in [0.1, 0.15) is 44.6 Å². The number of aromatic nitrogens is 3. The third kappa shape index (κ3) is 5.14. The molecule has 184 valence electrons. The Morgan fingerprint density at radius 3 is 2.51 bits per heavy atom. The molecule has 0 unspecified atom stereocenters. The highest BCUT2D eigenvalue weighted by atomic mass is 19.1. The summed E-state index contributed by atoms with van der Waals surface area (Å²) >= 11 is 0. The summed E-state index contributed by atoms with van der Waals surface area (Å²) in [6.07, 6.45) is 2.61. The lowest BCUT2D eigenvalue weighted by atomic mass is 9.93. The van der Waals surface area contributed by atoms with Gasteiger partial charge in [0, 0.05) is 49.8 Å². The summed E-state index contributed by atoms with van der Waals surface area (Å²) in [6, 6.07) is 7.11. The van der Waals surface area contributed by atoms with Crippen molar-refractivity contribution < 1.29 is 13.7 Å². The lowest BCUT2D eigenvalue weighted by Crippen LogP contribution is -2.44. The molecule has 8 nitrogen and oxygen atoms in total. The average Bonchev–Trinajstić information content (AvgIpc) is 3.40. The third-order valence-corrected chi connectivity index (χ3v) is 6.30. The van der Waals surface area contributed by atoms with Crippen LogP contribution in [0.2, 0.25) is 0 Å². The van der Waals surface area contributed by atoms with Gasteiger partial charge in [-0.3, -0.25) is 0 Å². The van der Waals surface area contributed by atoms with Crippen LogP contribution in [0.5, 0.6) is 11.8 Å². The van der Waals surface area contributed by atoms with Crippen molar-refractivity contribution >= 4 is 23.5 Å². The predicted molar refractivity (Wildman–Crippen MR) is 134 cm³/mol. The highest BCUT2D eigenvalue weighted by molar-refractivity contribution is 5.65. The van der Waals surface area contributed by atoms with Crippen molar-refractivity contribution in [2.24, 2.45) is 0 Å². The van der Waals surface area contributed by atoms with Crippen LogP contribution in [0.25, 0.3) is 6.08 Å². The van der Waals surface area contributed by atoms with Crippen LogP contribution >= 0.6 is 0 Å². The van der Waals surface area contributed by atoms with Gasteiger partial charge in [0.15, 0.2) is 5.82 Å². The van der Waals surface area contributed by atoms with Gasteiger partial charge in [0.2, 0.25) is 0 Å². The number of fused-ring (bicyclic) bond motifs is 1. The van der Waals surface area contributed by atoms with Gasteiger partial charge >= 0.3 is 6.01 Å². The average molecular weight is 479 g/mol. The number of nitrogens with zero attached hydrogens (tertiary/aromatic N) is 5. The zero-order valence-electron chi connectivity index (χ0n) is 20.9. The Morgan fingerprint density at radius 1 is 1.03 bits per heavy atom. The molecule has 0 saturated carbocycles. The second kappa shape index (κ2) is 8.96. The summed E-state index contributed by atoms with van der Waals surface area (Å²) in [7, 11) is 2.11. The molecule has 3 heterocycles. The van der Waals surface area contributed by atoms with Crippen LogP contribution in [-0.4, -0.2) is 53.3 Å². The number of benzene rings is 1. The standard InChI is InChI=1S/C26H31FN6O2/c1-16-10-17-12-18(13-20(27)19(17)11-16)34-25-29-22(28-23-14-21(35-31-23)26(2,3)4)15-24(30-25)33-8-6-32(5)7-9-33/h10,12-15H,6-9,11H2,1-5H3,(H,28,29,30,31). The topological polar surface area (TPSA) is 79.5 Å². The SMILES string of the molecule is CC1=Cc2cc(Oc3nc(Nc4cc(C(C)(C)C)on4)cc(N4CCN(C)CC4)n3)cc(F)c2C1. The van der Waals surface area contributed by atoms with Gasteiger partial charge in [-0.1, -0.05) is 37.6 Å². The smallest absolute Gasteiger partial charge is 0.325 e. The Bertz CT molecular complexity index is 1270. The second-order valence-corrected chi connectivity index (χ2v) is 10.4. The van der Waals surface area contributed by atoms with Gasteiger partial charge in [-0.15, -0.1) is 0 Å². The molecule has 1 saturated heterocycles. The van der Waals surface area contributed by atoms with Crippen molar-refractivity contribution in [1.82, 2.24) is 20.0 Å². The first kappa shape index (κ1) is 23.3. The monoisotopic (exact) mass is 478 g/mol. The molecule has 0 amide bonds. The quantitative estimate of drug-likeness (QED) is 0.540. The molecular formula is C26H31FN6O2. The Balaban J connectivity index is 1.46. The molecule has 0 radical (unpaired) electrons. The number of rotatable bonds is 5. The number of allylic oxidation sites excluding steroid dienone is 1. The number of piperazine rings is 1. The van der Waals surface area contributed by atoms with Crippen LogP contribution in [0.15, 0.2) is 34.4 Å². The largest absolute Gasteiger partial charge is 0.424 e. The van der Waals surface area contributed by atoms with E-state index in [9.17, 15) is 4.39 Å². The van der Waals surface area contributed by atoms with Gasteiger partial charge < -0.3 is 24.4 Å². The van der Waals surface area contributed by atoms with E-state index in [1.54, 1.807) is 0 Å². The Hall–Kier alpha value is -3.46. The zero-order valence-corrected chi connectivity index (χ0v) is 20.9. The van der Waals surface area contributed by atoms with Crippen molar-refractivity contribution in [1.29, 1.82) is 0 Å². The summed E-state index contributed by atoms with van der Waals surface area (Å²) in [6.45, 7) is 11.7. The highest BCUT2D eigenvalue weighted by Crippen LogP contribution is 2.33. The van der Waals surface area contributed by atoms with E-state index < -0.39 is 0 Å². The normalized spacial score (nSPS) is 16.3. The van der Waals surface area contributed by atoms with Crippen LogP contribution in [0, 0.1) is 5.82 Å². The molecule has 2 aliphatic rings. The number of likely N-dealkylation sites (N-methyl/N-ethyl adjacent to an activating group) is 1. The summed E-state index contributed by atoms with van der Waals surface area (Å²) in [5.41, 5.74) is 2.49. The minimum absolute atomic E-state index is 0.140. The minimum Gasteiger partial charge on any atom is -0.424 e. The zero-order chi connectivity index (χ0) is 24.7. The first-order valence-corrected chi connectivity index (χ1v) is 11.9. The van der Waals surface area contributed by atoms with Gasteiger partial charge in [-0.05, 0) is 37.6 Å². The fourth-order valence-electron chi connectivity index (χ4n) is 4.25. The lowest BCUT2D eigenvalue weighted by Gasteiger charge is -2.33. The number of halogens is 1. The molecule has 1 aliphatic heterocycles. The molecule has 2 aromatic heterocycles. The van der Waals surface area contributed by atoms with Crippen LogP contribution in [0.4, 0.5) is 21.8 Å². The van der Waals surface area contributed by atoms with Crippen molar-refractivity contribution in [3.8, 4) is 11.8 Å². The van der Waals surface area contributed by atoms with E-state index in [-0.39, 0.29) is 17.2 Å². The number of ether oxygens (including phenoxy) is 1. The molecule has 1 aliphatic carbocycles. The van der Waals surface area contributed by atoms with E-state index in [0.29, 0.717) is 29.4 Å². The van der Waals surface area contributed by atoms with E-state index in [2.05, 4.69) is 58.1 Å². The third-order valence-electron chi connectivity index (χ3n) is 6.30. The molecule has 0 bridgehead atoms. The van der Waals surface area contributed by atoms with E-state index >= 15 is 0 Å². The second-order valence-electron chi connectivity index (χ2n) is 10.4. The van der Waals surface area contributed by atoms with Gasteiger partial charge in [-0.2, -0.15) is 9.97 Å². The molecule has 9 heteroatoms. The van der Waals surface area contributed by atoms with E-state index in [1.807, 2.05) is 31.2 Å². The van der Waals surface area contributed by atoms with Gasteiger partial charge in [0.25, 0.3) is 0 Å². The van der Waals surface area contributed by atoms with Gasteiger partial charge in [-0.25, -0.2) is 4.39 Å². The molecule has 1 fully saturated rings. The number of anilines is 3. The molecule has 0 spiro atoms. The summed E-state index contributed by atoms with van der Waals surface area (Å²) in [4.78, 5) is 13.7.